The Morgan fingerprint density at radius 1 is 0.282 bits per heavy atom. The summed E-state index contributed by atoms with van der Waals surface area (Å²) >= 11 is 0. The molecule has 0 spiro atoms. The number of rotatable bonds is 82. The molecule has 0 aromatic carbocycles. The molecular weight excluding hydrogens is 1340 g/mol. The molecule has 3 unspecified atom stereocenters. The van der Waals surface area contributed by atoms with Gasteiger partial charge in [0.2, 0.25) is 0 Å². The van der Waals surface area contributed by atoms with Crippen LogP contribution in [0.1, 0.15) is 440 Å². The Bertz CT molecular complexity index is 1990. The van der Waals surface area contributed by atoms with Crippen LogP contribution in [0.3, 0.4) is 0 Å². The van der Waals surface area contributed by atoms with Gasteiger partial charge in [-0.15, -0.1) is 0 Å². The summed E-state index contributed by atoms with van der Waals surface area (Å²) in [5, 5.41) is 10.7. The topological polar surface area (TPSA) is 237 Å². The quantitative estimate of drug-likeness (QED) is 0.0222. The Hall–Kier alpha value is -1.94. The third-order valence-corrected chi connectivity index (χ3v) is 21.9. The average molecular weight is 1510 g/mol. The lowest BCUT2D eigenvalue weighted by atomic mass is 9.99. The van der Waals surface area contributed by atoms with Crippen LogP contribution in [-0.4, -0.2) is 96.7 Å². The van der Waals surface area contributed by atoms with E-state index < -0.39 is 97.5 Å². The first-order chi connectivity index (χ1) is 49.8. The van der Waals surface area contributed by atoms with E-state index in [1.54, 1.807) is 0 Å². The van der Waals surface area contributed by atoms with Crippen LogP contribution in [0.4, 0.5) is 0 Å². The highest BCUT2D eigenvalue weighted by Crippen LogP contribution is 2.45. The van der Waals surface area contributed by atoms with E-state index in [0.717, 1.165) is 108 Å². The molecule has 0 aliphatic rings. The van der Waals surface area contributed by atoms with Crippen LogP contribution in [0.5, 0.6) is 0 Å². The molecule has 0 radical (unpaired) electrons. The third kappa shape index (κ3) is 76.6. The smallest absolute Gasteiger partial charge is 0.462 e. The van der Waals surface area contributed by atoms with Gasteiger partial charge in [0.15, 0.2) is 12.2 Å². The second-order valence-electron chi connectivity index (χ2n) is 31.4. The maximum absolute atomic E-state index is 13.1. The largest absolute Gasteiger partial charge is 0.472 e. The second kappa shape index (κ2) is 74.2. The molecule has 0 bridgehead atoms. The van der Waals surface area contributed by atoms with Gasteiger partial charge in [-0.3, -0.25) is 37.3 Å². The highest BCUT2D eigenvalue weighted by atomic mass is 31.2. The molecule has 0 saturated heterocycles. The Labute approximate surface area is 632 Å². The first kappa shape index (κ1) is 101. The summed E-state index contributed by atoms with van der Waals surface area (Å²) < 4.78 is 68.9. The van der Waals surface area contributed by atoms with Crippen LogP contribution >= 0.6 is 15.6 Å². The van der Waals surface area contributed by atoms with Crippen LogP contribution in [-0.2, 0) is 65.4 Å². The zero-order chi connectivity index (χ0) is 75.8. The van der Waals surface area contributed by atoms with Crippen molar-refractivity contribution in [2.75, 3.05) is 39.6 Å². The van der Waals surface area contributed by atoms with Gasteiger partial charge in [-0.25, -0.2) is 9.13 Å². The predicted octanol–water partition coefficient (Wildman–Crippen LogP) is 25.3. The van der Waals surface area contributed by atoms with Gasteiger partial charge in [0, 0.05) is 25.7 Å². The molecule has 0 heterocycles. The summed E-state index contributed by atoms with van der Waals surface area (Å²) in [6.45, 7) is 12.0. The number of carbonyl (C=O) groups excluding carboxylic acids is 4. The van der Waals surface area contributed by atoms with Crippen molar-refractivity contribution in [3.63, 3.8) is 0 Å². The Kier molecular flexibility index (Phi) is 72.8. The number of hydrogen-bond acceptors (Lipinski definition) is 15. The SMILES string of the molecule is CCCCCCCCCCCCCCCCCCCCC(=O)OC[C@H](COP(=O)(O)OC[C@@H](O)COP(=O)(O)OC[C@@H](COC(=O)CCCCCCCCCCCC(C)C)OC(=O)CCCCCCCCCCCCCCC(C)C)OC(=O)CCCCCCCCCCCCCCCCC(C)CC. The maximum Gasteiger partial charge on any atom is 0.472 e. The molecule has 3 N–H and O–H groups in total. The molecule has 0 fully saturated rings. The lowest BCUT2D eigenvalue weighted by Crippen LogP contribution is -2.30. The monoisotopic (exact) mass is 1510 g/mol. The lowest BCUT2D eigenvalue weighted by molar-refractivity contribution is -0.161. The fourth-order valence-electron chi connectivity index (χ4n) is 13.0. The van der Waals surface area contributed by atoms with Gasteiger partial charge in [0.05, 0.1) is 26.4 Å². The highest BCUT2D eigenvalue weighted by molar-refractivity contribution is 7.47. The van der Waals surface area contributed by atoms with Crippen LogP contribution in [0, 0.1) is 17.8 Å². The zero-order valence-corrected chi connectivity index (χ0v) is 69.6. The van der Waals surface area contributed by atoms with Gasteiger partial charge < -0.3 is 33.8 Å². The minimum absolute atomic E-state index is 0.107. The van der Waals surface area contributed by atoms with Gasteiger partial charge >= 0.3 is 39.5 Å². The fourth-order valence-corrected chi connectivity index (χ4v) is 14.6. The molecule has 17 nitrogen and oxygen atoms in total. The first-order valence-corrected chi connectivity index (χ1v) is 46.4. The van der Waals surface area contributed by atoms with Gasteiger partial charge in [-0.1, -0.05) is 389 Å². The Morgan fingerprint density at radius 3 is 0.738 bits per heavy atom. The molecule has 0 aromatic heterocycles. The van der Waals surface area contributed by atoms with Crippen molar-refractivity contribution >= 4 is 39.5 Å². The summed E-state index contributed by atoms with van der Waals surface area (Å²) in [6, 6.07) is 0. The number of unbranched alkanes of at least 4 members (excludes halogenated alkanes) is 49. The van der Waals surface area contributed by atoms with Gasteiger partial charge in [0.25, 0.3) is 0 Å². The van der Waals surface area contributed by atoms with Crippen molar-refractivity contribution in [3.8, 4) is 0 Å². The molecule has 19 heteroatoms. The van der Waals surface area contributed by atoms with Crippen molar-refractivity contribution in [1.82, 2.24) is 0 Å². The van der Waals surface area contributed by atoms with Crippen molar-refractivity contribution in [2.45, 2.75) is 458 Å². The van der Waals surface area contributed by atoms with E-state index in [2.05, 4.69) is 48.5 Å². The minimum Gasteiger partial charge on any atom is -0.462 e. The summed E-state index contributed by atoms with van der Waals surface area (Å²) in [5.41, 5.74) is 0. The molecule has 6 atom stereocenters. The summed E-state index contributed by atoms with van der Waals surface area (Å²) in [4.78, 5) is 73.2. The molecule has 0 rings (SSSR count). The fraction of sp³-hybridized carbons (Fsp3) is 0.952. The maximum atomic E-state index is 13.1. The van der Waals surface area contributed by atoms with Gasteiger partial charge in [-0.05, 0) is 43.4 Å². The van der Waals surface area contributed by atoms with Crippen LogP contribution < -0.4 is 0 Å². The van der Waals surface area contributed by atoms with E-state index in [1.807, 2.05) is 0 Å². The standard InChI is InChI=1S/C84H164O17P2/c1-8-10-11-12-13-14-15-16-17-18-19-20-24-30-37-44-51-58-65-81(86)94-71-79(100-83(88)67-60-53-46-38-31-25-22-21-23-29-36-43-50-57-64-77(7)9-2)73-98-102(90,91)96-69-78(85)70-97-103(92,93)99-74-80(72-95-82(87)66-59-52-45-40-33-35-42-49-56-63-76(5)6)101-84(89)68-61-54-47-39-32-27-26-28-34-41-48-55-62-75(3)4/h75-80,85H,8-74H2,1-7H3,(H,90,91)(H,92,93)/t77?,78-,79-,80-/m1/s1. The van der Waals surface area contributed by atoms with E-state index in [4.69, 9.17) is 37.0 Å². The van der Waals surface area contributed by atoms with E-state index in [0.29, 0.717) is 25.7 Å². The first-order valence-electron chi connectivity index (χ1n) is 43.4. The number of aliphatic hydroxyl groups is 1. The molecule has 612 valence electrons. The van der Waals surface area contributed by atoms with Crippen LogP contribution in [0.25, 0.3) is 0 Å². The molecule has 0 aliphatic carbocycles. The molecule has 0 saturated carbocycles. The second-order valence-corrected chi connectivity index (χ2v) is 34.3. The lowest BCUT2D eigenvalue weighted by Gasteiger charge is -2.21. The Balaban J connectivity index is 5.27. The van der Waals surface area contributed by atoms with Crippen molar-refractivity contribution in [2.24, 2.45) is 17.8 Å². The van der Waals surface area contributed by atoms with E-state index in [9.17, 15) is 43.2 Å². The van der Waals surface area contributed by atoms with Gasteiger partial charge in [-0.2, -0.15) is 0 Å². The van der Waals surface area contributed by atoms with E-state index in [-0.39, 0.29) is 25.7 Å². The number of esters is 4. The molecular formula is C84H164O17P2. The van der Waals surface area contributed by atoms with Crippen molar-refractivity contribution in [3.05, 3.63) is 0 Å². The molecule has 0 aromatic rings. The highest BCUT2D eigenvalue weighted by Gasteiger charge is 2.30. The summed E-state index contributed by atoms with van der Waals surface area (Å²) in [5.74, 6) is 0.260. The van der Waals surface area contributed by atoms with Crippen LogP contribution in [0.15, 0.2) is 0 Å². The molecule has 0 aliphatic heterocycles. The van der Waals surface area contributed by atoms with E-state index in [1.165, 1.54) is 250 Å². The number of phosphoric ester groups is 2. The zero-order valence-electron chi connectivity index (χ0n) is 67.8. The number of phosphoric acid groups is 2. The van der Waals surface area contributed by atoms with Crippen LogP contribution in [0.2, 0.25) is 0 Å². The van der Waals surface area contributed by atoms with Gasteiger partial charge in [0.1, 0.15) is 19.3 Å². The summed E-state index contributed by atoms with van der Waals surface area (Å²) in [7, 11) is -9.93. The third-order valence-electron chi connectivity index (χ3n) is 20.0. The number of ether oxygens (including phenoxy) is 4. The normalized spacial score (nSPS) is 14.2. The minimum atomic E-state index is -4.97. The molecule has 0 amide bonds. The number of carbonyl (C=O) groups is 4. The Morgan fingerprint density at radius 2 is 0.495 bits per heavy atom. The average Bonchev–Trinajstić information content (AvgIpc) is 0.913. The van der Waals surface area contributed by atoms with Crippen molar-refractivity contribution in [1.29, 1.82) is 0 Å². The van der Waals surface area contributed by atoms with E-state index >= 15 is 0 Å². The van der Waals surface area contributed by atoms with Crippen molar-refractivity contribution < 1.29 is 80.2 Å². The number of aliphatic hydroxyl groups excluding tert-OH is 1. The number of hydrogen-bond donors (Lipinski definition) is 3. The predicted molar refractivity (Wildman–Crippen MR) is 423 cm³/mol. The molecule has 103 heavy (non-hydrogen) atoms. The summed E-state index contributed by atoms with van der Waals surface area (Å²) in [6.07, 6.45) is 63.7.